The molecule has 5 rings (SSSR count). The van der Waals surface area contributed by atoms with Crippen molar-refractivity contribution < 1.29 is 19.2 Å². The topological polar surface area (TPSA) is 103 Å². The van der Waals surface area contributed by atoms with Gasteiger partial charge in [0.15, 0.2) is 4.34 Å². The quantitative estimate of drug-likeness (QED) is 0.0483. The maximum absolute atomic E-state index is 13.3. The number of nitro benzene ring substituents is 1. The molecule has 37 heavy (non-hydrogen) atoms. The molecule has 1 aromatic heterocycles. The number of halogens is 4. The summed E-state index contributed by atoms with van der Waals surface area (Å²) < 4.78 is 9.11. The molecule has 0 spiro atoms. The molecule has 1 aliphatic heterocycles. The Kier molecular flexibility index (Phi) is 7.50. The third-order valence-corrected chi connectivity index (χ3v) is 12.5. The summed E-state index contributed by atoms with van der Waals surface area (Å²) in [5, 5.41) is 11.2. The SMILES string of the molecule is COc1ccc([N+](=O)[O-])cc1CSc1nc2ccc(N3C(=O)c4c(Br)c(Br)c(Br)c(Br)c4C3=O)cc2s1. The van der Waals surface area contributed by atoms with Crippen molar-refractivity contribution in [3.8, 4) is 5.75 Å². The second-order valence-electron chi connectivity index (χ2n) is 7.63. The van der Waals surface area contributed by atoms with Crippen molar-refractivity contribution in [2.75, 3.05) is 12.0 Å². The molecule has 0 unspecified atom stereocenters. The molecule has 14 heteroatoms. The van der Waals surface area contributed by atoms with E-state index < -0.39 is 16.7 Å². The Hall–Kier alpha value is -1.84. The molecule has 2 amide bonds. The van der Waals surface area contributed by atoms with Gasteiger partial charge < -0.3 is 4.74 Å². The Morgan fingerprint density at radius 2 is 1.65 bits per heavy atom. The average Bonchev–Trinajstić information content (AvgIpc) is 3.41. The van der Waals surface area contributed by atoms with Crippen LogP contribution in [0.15, 0.2) is 58.6 Å². The summed E-state index contributed by atoms with van der Waals surface area (Å²) in [4.78, 5) is 43.1. The molecule has 188 valence electrons. The Balaban J connectivity index is 1.44. The second kappa shape index (κ2) is 10.4. The molecule has 4 aromatic rings. The number of hydrogen-bond donors (Lipinski definition) is 0. The van der Waals surface area contributed by atoms with Crippen LogP contribution in [0.5, 0.6) is 5.75 Å². The monoisotopic (exact) mass is 789 g/mol. The van der Waals surface area contributed by atoms with Crippen molar-refractivity contribution in [1.29, 1.82) is 0 Å². The number of nitrogens with zero attached hydrogens (tertiary/aromatic N) is 3. The fraction of sp³-hybridized carbons (Fsp3) is 0.0870. The van der Waals surface area contributed by atoms with E-state index in [1.807, 2.05) is 0 Å². The number of rotatable bonds is 6. The van der Waals surface area contributed by atoms with Crippen molar-refractivity contribution in [3.63, 3.8) is 0 Å². The number of ether oxygens (including phenoxy) is 1. The van der Waals surface area contributed by atoms with Crippen LogP contribution in [0.1, 0.15) is 26.3 Å². The van der Waals surface area contributed by atoms with E-state index in [0.29, 0.717) is 46.2 Å². The maximum atomic E-state index is 13.3. The first kappa shape index (κ1) is 26.8. The molecule has 0 N–H and O–H groups in total. The van der Waals surface area contributed by atoms with Crippen LogP contribution in [0.25, 0.3) is 10.2 Å². The Labute approximate surface area is 251 Å². The first-order chi connectivity index (χ1) is 17.6. The number of imide groups is 1. The van der Waals surface area contributed by atoms with E-state index in [-0.39, 0.29) is 16.8 Å². The minimum absolute atomic E-state index is 0.0105. The molecule has 0 saturated carbocycles. The van der Waals surface area contributed by atoms with Crippen LogP contribution in [0.2, 0.25) is 0 Å². The highest BCUT2D eigenvalue weighted by Crippen LogP contribution is 2.46. The van der Waals surface area contributed by atoms with Gasteiger partial charge in [0.1, 0.15) is 5.75 Å². The number of amides is 2. The van der Waals surface area contributed by atoms with Crippen LogP contribution < -0.4 is 9.64 Å². The highest BCUT2D eigenvalue weighted by molar-refractivity contribution is 9.15. The van der Waals surface area contributed by atoms with E-state index in [1.54, 1.807) is 24.3 Å². The van der Waals surface area contributed by atoms with Gasteiger partial charge >= 0.3 is 0 Å². The highest BCUT2D eigenvalue weighted by Gasteiger charge is 2.42. The molecule has 3 aromatic carbocycles. The Bertz CT molecular complexity index is 1610. The van der Waals surface area contributed by atoms with Crippen LogP contribution in [0.3, 0.4) is 0 Å². The van der Waals surface area contributed by atoms with Gasteiger partial charge in [0.2, 0.25) is 0 Å². The molecular formula is C23H11Br4N3O5S2. The first-order valence-corrected chi connectivity index (χ1v) is 15.2. The van der Waals surface area contributed by atoms with E-state index in [0.717, 1.165) is 13.9 Å². The number of non-ortho nitro benzene ring substituents is 1. The number of fused-ring (bicyclic) bond motifs is 2. The third kappa shape index (κ3) is 4.65. The summed E-state index contributed by atoms with van der Waals surface area (Å²) in [6.45, 7) is 0. The number of hydrogen-bond acceptors (Lipinski definition) is 8. The van der Waals surface area contributed by atoms with E-state index in [9.17, 15) is 19.7 Å². The number of thioether (sulfide) groups is 1. The minimum Gasteiger partial charge on any atom is -0.496 e. The van der Waals surface area contributed by atoms with Crippen molar-refractivity contribution in [2.24, 2.45) is 0 Å². The first-order valence-electron chi connectivity index (χ1n) is 10.2. The lowest BCUT2D eigenvalue weighted by Gasteiger charge is -2.13. The zero-order chi connectivity index (χ0) is 26.6. The third-order valence-electron chi connectivity index (χ3n) is 5.54. The molecule has 2 heterocycles. The number of benzene rings is 3. The molecule has 0 bridgehead atoms. The van der Waals surface area contributed by atoms with Crippen molar-refractivity contribution in [3.05, 3.63) is 81.1 Å². The van der Waals surface area contributed by atoms with Gasteiger partial charge in [0.25, 0.3) is 17.5 Å². The van der Waals surface area contributed by atoms with Gasteiger partial charge in [0.05, 0.1) is 39.1 Å². The summed E-state index contributed by atoms with van der Waals surface area (Å²) in [6.07, 6.45) is 0. The smallest absolute Gasteiger partial charge is 0.270 e. The van der Waals surface area contributed by atoms with Gasteiger partial charge in [-0.1, -0.05) is 11.8 Å². The normalized spacial score (nSPS) is 12.9. The fourth-order valence-electron chi connectivity index (χ4n) is 3.81. The van der Waals surface area contributed by atoms with Crippen LogP contribution in [-0.4, -0.2) is 28.8 Å². The van der Waals surface area contributed by atoms with Gasteiger partial charge in [-0.05, 0) is 88.0 Å². The largest absolute Gasteiger partial charge is 0.496 e. The summed E-state index contributed by atoms with van der Waals surface area (Å²) in [7, 11) is 1.52. The summed E-state index contributed by atoms with van der Waals surface area (Å²) in [5.74, 6) is 0.110. The molecule has 0 atom stereocenters. The van der Waals surface area contributed by atoms with E-state index in [1.165, 1.54) is 42.3 Å². The fourth-order valence-corrected chi connectivity index (χ4v) is 8.34. The van der Waals surface area contributed by atoms with Gasteiger partial charge in [-0.3, -0.25) is 19.7 Å². The van der Waals surface area contributed by atoms with E-state index in [2.05, 4.69) is 68.7 Å². The summed E-state index contributed by atoms with van der Waals surface area (Å²) >= 11 is 16.6. The number of nitro groups is 1. The summed E-state index contributed by atoms with van der Waals surface area (Å²) in [6, 6.07) is 9.69. The zero-order valence-corrected chi connectivity index (χ0v) is 26.4. The predicted molar refractivity (Wildman–Crippen MR) is 157 cm³/mol. The standard InChI is InChI=1S/C23H11Br4N3O5S2/c1-35-13-5-3-11(30(33)34)6-9(13)8-36-23-28-12-4-2-10(7-14(12)37-23)29-21(31)15-16(22(29)32)18(25)20(27)19(26)17(15)24/h2-7H,8H2,1H3. The molecule has 0 fully saturated rings. The van der Waals surface area contributed by atoms with Crippen molar-refractivity contribution in [2.45, 2.75) is 10.1 Å². The highest BCUT2D eigenvalue weighted by atomic mass is 79.9. The van der Waals surface area contributed by atoms with Crippen molar-refractivity contribution >= 4 is 120 Å². The lowest BCUT2D eigenvalue weighted by molar-refractivity contribution is -0.384. The Morgan fingerprint density at radius 1 is 1.00 bits per heavy atom. The van der Waals surface area contributed by atoms with E-state index >= 15 is 0 Å². The number of aromatic nitrogens is 1. The molecular weight excluding hydrogens is 782 g/mol. The number of thiazole rings is 1. The number of carbonyl (C=O) groups is 2. The zero-order valence-electron chi connectivity index (χ0n) is 18.4. The Morgan fingerprint density at radius 3 is 2.24 bits per heavy atom. The maximum Gasteiger partial charge on any atom is 0.270 e. The number of anilines is 1. The van der Waals surface area contributed by atoms with Gasteiger partial charge in [-0.2, -0.15) is 0 Å². The van der Waals surface area contributed by atoms with Crippen molar-refractivity contribution in [1.82, 2.24) is 4.98 Å². The lowest BCUT2D eigenvalue weighted by atomic mass is 10.1. The van der Waals surface area contributed by atoms with Crippen LogP contribution in [-0.2, 0) is 5.75 Å². The molecule has 0 radical (unpaired) electrons. The number of methoxy groups -OCH3 is 1. The molecule has 0 saturated heterocycles. The van der Waals surface area contributed by atoms with Gasteiger partial charge in [0, 0.05) is 41.3 Å². The molecule has 0 aliphatic carbocycles. The minimum atomic E-state index is -0.444. The van der Waals surface area contributed by atoms with Crippen LogP contribution in [0, 0.1) is 10.1 Å². The lowest BCUT2D eigenvalue weighted by Crippen LogP contribution is -2.29. The molecule has 1 aliphatic rings. The van der Waals surface area contributed by atoms with Crippen LogP contribution in [0.4, 0.5) is 11.4 Å². The van der Waals surface area contributed by atoms with Gasteiger partial charge in [-0.15, -0.1) is 11.3 Å². The van der Waals surface area contributed by atoms with Crippen LogP contribution >= 0.6 is 86.8 Å². The summed E-state index contributed by atoms with van der Waals surface area (Å²) in [5.41, 5.74) is 2.37. The van der Waals surface area contributed by atoms with Gasteiger partial charge in [-0.25, -0.2) is 9.88 Å². The number of carbonyl (C=O) groups excluding carboxylic acids is 2. The predicted octanol–water partition coefficient (Wildman–Crippen LogP) is 8.36. The molecule has 8 nitrogen and oxygen atoms in total. The average molecular weight is 793 g/mol. The second-order valence-corrected chi connectivity index (χ2v) is 13.1. The van der Waals surface area contributed by atoms with E-state index in [4.69, 9.17) is 4.74 Å².